The molecule has 0 fully saturated rings. The topological polar surface area (TPSA) is 61.4 Å². The van der Waals surface area contributed by atoms with Gasteiger partial charge in [-0.25, -0.2) is 0 Å². The van der Waals surface area contributed by atoms with Gasteiger partial charge in [-0.15, -0.1) is 0 Å². The largest absolute Gasteiger partial charge is 0.376 e. The summed E-state index contributed by atoms with van der Waals surface area (Å²) in [6, 6.07) is 24.3. The lowest BCUT2D eigenvalue weighted by molar-refractivity contribution is -0.114. The molecule has 0 atom stereocenters. The van der Waals surface area contributed by atoms with Crippen LogP contribution in [0.5, 0.6) is 0 Å². The van der Waals surface area contributed by atoms with E-state index in [9.17, 15) is 9.59 Å². The normalized spacial score (nSPS) is 10.3. The second-order valence-electron chi connectivity index (χ2n) is 6.37. The van der Waals surface area contributed by atoms with Gasteiger partial charge in [0.15, 0.2) is 0 Å². The van der Waals surface area contributed by atoms with Gasteiger partial charge in [-0.3, -0.25) is 9.59 Å². The first kappa shape index (κ1) is 20.9. The molecule has 0 radical (unpaired) electrons. The maximum atomic E-state index is 12.8. The van der Waals surface area contributed by atoms with Crippen molar-refractivity contribution in [3.63, 3.8) is 0 Å². The Balaban J connectivity index is 1.58. The Morgan fingerprint density at radius 2 is 1.48 bits per heavy atom. The van der Waals surface area contributed by atoms with Crippen LogP contribution < -0.4 is 15.5 Å². The summed E-state index contributed by atoms with van der Waals surface area (Å²) in [5, 5.41) is 5.92. The van der Waals surface area contributed by atoms with E-state index in [0.29, 0.717) is 17.8 Å². The molecule has 0 aliphatic carbocycles. The van der Waals surface area contributed by atoms with Gasteiger partial charge >= 0.3 is 0 Å². The first-order valence-electron chi connectivity index (χ1n) is 9.33. The van der Waals surface area contributed by atoms with Crippen molar-refractivity contribution in [1.29, 1.82) is 0 Å². The van der Waals surface area contributed by atoms with E-state index >= 15 is 0 Å². The van der Waals surface area contributed by atoms with E-state index in [1.54, 1.807) is 29.2 Å². The zero-order valence-electron chi connectivity index (χ0n) is 16.1. The third-order valence-corrected chi connectivity index (χ3v) is 5.06. The van der Waals surface area contributed by atoms with Crippen LogP contribution in [0.3, 0.4) is 0 Å². The Bertz CT molecular complexity index is 958. The van der Waals surface area contributed by atoms with Crippen LogP contribution in [0.1, 0.15) is 17.3 Å². The highest BCUT2D eigenvalue weighted by atomic mass is 127. The van der Waals surface area contributed by atoms with E-state index in [0.717, 1.165) is 14.9 Å². The lowest BCUT2D eigenvalue weighted by atomic mass is 10.1. The third kappa shape index (κ3) is 5.80. The lowest BCUT2D eigenvalue weighted by Gasteiger charge is -2.21. The summed E-state index contributed by atoms with van der Waals surface area (Å²) in [6.07, 6.45) is 0. The van der Waals surface area contributed by atoms with E-state index in [-0.39, 0.29) is 18.4 Å². The molecule has 0 aliphatic heterocycles. The number of halogens is 1. The van der Waals surface area contributed by atoms with Crippen molar-refractivity contribution in [2.24, 2.45) is 0 Å². The van der Waals surface area contributed by atoms with Gasteiger partial charge in [0, 0.05) is 32.7 Å². The van der Waals surface area contributed by atoms with Gasteiger partial charge in [0.1, 0.15) is 0 Å². The summed E-state index contributed by atoms with van der Waals surface area (Å²) >= 11 is 2.24. The van der Waals surface area contributed by atoms with Crippen molar-refractivity contribution in [1.82, 2.24) is 0 Å². The van der Waals surface area contributed by atoms with E-state index in [4.69, 9.17) is 0 Å². The van der Waals surface area contributed by atoms with E-state index in [1.807, 2.05) is 61.5 Å². The average Bonchev–Trinajstić information content (AvgIpc) is 2.75. The fraction of sp³-hybridized carbons (Fsp3) is 0.130. The monoisotopic (exact) mass is 499 g/mol. The third-order valence-electron chi connectivity index (χ3n) is 4.34. The number of benzene rings is 3. The zero-order valence-corrected chi connectivity index (χ0v) is 18.2. The number of rotatable bonds is 7. The molecule has 148 valence electrons. The van der Waals surface area contributed by atoms with Crippen molar-refractivity contribution in [2.75, 3.05) is 28.6 Å². The van der Waals surface area contributed by atoms with Crippen molar-refractivity contribution in [3.05, 3.63) is 88.0 Å². The van der Waals surface area contributed by atoms with Gasteiger partial charge in [-0.2, -0.15) is 0 Å². The number of anilines is 3. The standard InChI is InChI=1S/C23H22IN3O2/c1-2-27(21-6-4-3-5-7-21)23(29)17-8-12-20(13-9-17)26-22(28)16-25-19-14-10-18(24)11-15-19/h3-15,25H,2,16H2,1H3,(H,26,28). The molecule has 3 aromatic carbocycles. The molecule has 2 amide bonds. The zero-order chi connectivity index (χ0) is 20.6. The van der Waals surface area contributed by atoms with Gasteiger partial charge < -0.3 is 15.5 Å². The molecule has 0 aromatic heterocycles. The average molecular weight is 499 g/mol. The Kier molecular flexibility index (Phi) is 7.24. The second kappa shape index (κ2) is 10.1. The Morgan fingerprint density at radius 1 is 0.862 bits per heavy atom. The minimum absolute atomic E-state index is 0.0723. The Morgan fingerprint density at radius 3 is 2.10 bits per heavy atom. The number of hydrogen-bond acceptors (Lipinski definition) is 3. The maximum absolute atomic E-state index is 12.8. The Hall–Kier alpha value is -2.87. The summed E-state index contributed by atoms with van der Waals surface area (Å²) in [5.74, 6) is -0.223. The number of carbonyl (C=O) groups is 2. The molecule has 0 aliphatic rings. The van der Waals surface area contributed by atoms with Crippen LogP contribution in [-0.2, 0) is 4.79 Å². The summed E-state index contributed by atoms with van der Waals surface area (Å²) in [7, 11) is 0. The fourth-order valence-corrected chi connectivity index (χ4v) is 3.22. The Labute approximate surface area is 184 Å². The number of amides is 2. The highest BCUT2D eigenvalue weighted by molar-refractivity contribution is 14.1. The molecule has 0 unspecified atom stereocenters. The van der Waals surface area contributed by atoms with Gasteiger partial charge in [0.25, 0.3) is 5.91 Å². The van der Waals surface area contributed by atoms with Gasteiger partial charge in [0.2, 0.25) is 5.91 Å². The van der Waals surface area contributed by atoms with Gasteiger partial charge in [0.05, 0.1) is 6.54 Å². The van der Waals surface area contributed by atoms with Crippen LogP contribution in [0.25, 0.3) is 0 Å². The van der Waals surface area contributed by atoms with Gasteiger partial charge in [-0.1, -0.05) is 18.2 Å². The molecule has 0 saturated carbocycles. The molecule has 0 heterocycles. The van der Waals surface area contributed by atoms with Crippen LogP contribution in [-0.4, -0.2) is 24.9 Å². The molecule has 6 heteroatoms. The van der Waals surface area contributed by atoms with E-state index in [1.165, 1.54) is 0 Å². The quantitative estimate of drug-likeness (QED) is 0.450. The van der Waals surface area contributed by atoms with Crippen LogP contribution in [0.4, 0.5) is 17.1 Å². The molecule has 29 heavy (non-hydrogen) atoms. The number of hydrogen-bond donors (Lipinski definition) is 2. The molecule has 3 rings (SSSR count). The number of para-hydroxylation sites is 1. The molecule has 0 bridgehead atoms. The fourth-order valence-electron chi connectivity index (χ4n) is 2.86. The first-order valence-corrected chi connectivity index (χ1v) is 10.4. The first-order chi connectivity index (χ1) is 14.1. The van der Waals surface area contributed by atoms with Crippen molar-refractivity contribution < 1.29 is 9.59 Å². The van der Waals surface area contributed by atoms with Crippen LogP contribution in [0.2, 0.25) is 0 Å². The molecular weight excluding hydrogens is 477 g/mol. The number of nitrogens with one attached hydrogen (secondary N) is 2. The van der Waals surface area contributed by atoms with Crippen molar-refractivity contribution in [2.45, 2.75) is 6.92 Å². The van der Waals surface area contributed by atoms with E-state index in [2.05, 4.69) is 33.2 Å². The molecule has 3 aromatic rings. The smallest absolute Gasteiger partial charge is 0.258 e. The number of nitrogens with zero attached hydrogens (tertiary/aromatic N) is 1. The summed E-state index contributed by atoms with van der Waals surface area (Å²) in [5.41, 5.74) is 2.98. The minimum atomic E-state index is -0.151. The van der Waals surface area contributed by atoms with Gasteiger partial charge in [-0.05, 0) is 90.2 Å². The molecular formula is C23H22IN3O2. The molecule has 0 saturated heterocycles. The maximum Gasteiger partial charge on any atom is 0.258 e. The van der Waals surface area contributed by atoms with Crippen LogP contribution in [0, 0.1) is 3.57 Å². The SMILES string of the molecule is CCN(C(=O)c1ccc(NC(=O)CNc2ccc(I)cc2)cc1)c1ccccc1. The molecule has 0 spiro atoms. The second-order valence-corrected chi connectivity index (χ2v) is 7.62. The van der Waals surface area contributed by atoms with Crippen LogP contribution in [0.15, 0.2) is 78.9 Å². The lowest BCUT2D eigenvalue weighted by Crippen LogP contribution is -2.30. The summed E-state index contributed by atoms with van der Waals surface area (Å²) in [6.45, 7) is 2.69. The van der Waals surface area contributed by atoms with Crippen LogP contribution >= 0.6 is 22.6 Å². The van der Waals surface area contributed by atoms with Crippen molar-refractivity contribution >= 4 is 51.5 Å². The molecule has 5 nitrogen and oxygen atoms in total. The van der Waals surface area contributed by atoms with Crippen molar-refractivity contribution in [3.8, 4) is 0 Å². The predicted octanol–water partition coefficient (Wildman–Crippen LogP) is 5.01. The van der Waals surface area contributed by atoms with E-state index < -0.39 is 0 Å². The highest BCUT2D eigenvalue weighted by Crippen LogP contribution is 2.18. The summed E-state index contributed by atoms with van der Waals surface area (Å²) in [4.78, 5) is 26.7. The predicted molar refractivity (Wildman–Crippen MR) is 127 cm³/mol. The highest BCUT2D eigenvalue weighted by Gasteiger charge is 2.15. The number of carbonyl (C=O) groups excluding carboxylic acids is 2. The minimum Gasteiger partial charge on any atom is -0.376 e. The molecule has 2 N–H and O–H groups in total. The summed E-state index contributed by atoms with van der Waals surface area (Å²) < 4.78 is 1.14.